The predicted octanol–water partition coefficient (Wildman–Crippen LogP) is 3.27. The Kier molecular flexibility index (Phi) is 9.24. The Morgan fingerprint density at radius 2 is 1.68 bits per heavy atom. The summed E-state index contributed by atoms with van der Waals surface area (Å²) in [5.74, 6) is 0.515. The van der Waals surface area contributed by atoms with Crippen molar-refractivity contribution in [2.45, 2.75) is 60.3 Å². The topological polar surface area (TPSA) is 112 Å². The summed E-state index contributed by atoms with van der Waals surface area (Å²) in [5.41, 5.74) is -1.05. The van der Waals surface area contributed by atoms with Gasteiger partial charge in [0.25, 0.3) is 5.56 Å². The molecule has 1 saturated heterocycles. The van der Waals surface area contributed by atoms with Crippen LogP contribution in [-0.2, 0) is 21.0 Å². The van der Waals surface area contributed by atoms with Crippen LogP contribution in [0.1, 0.15) is 48.0 Å². The number of esters is 1. The summed E-state index contributed by atoms with van der Waals surface area (Å²) in [6.07, 6.45) is 1.87. The van der Waals surface area contributed by atoms with Crippen molar-refractivity contribution in [1.82, 2.24) is 19.4 Å². The van der Waals surface area contributed by atoms with Crippen molar-refractivity contribution < 1.29 is 28.5 Å². The quantitative estimate of drug-likeness (QED) is 0.373. The van der Waals surface area contributed by atoms with Gasteiger partial charge in [-0.2, -0.15) is 0 Å². The molecule has 0 radical (unpaired) electrons. The number of benzene rings is 1. The predicted molar refractivity (Wildman–Crippen MR) is 142 cm³/mol. The van der Waals surface area contributed by atoms with Gasteiger partial charge >= 0.3 is 12.1 Å². The molecule has 0 saturated carbocycles. The smallest absolute Gasteiger partial charge is 0.410 e. The number of aromatic nitrogens is 2. The fourth-order valence-corrected chi connectivity index (χ4v) is 3.83. The van der Waals surface area contributed by atoms with E-state index in [0.717, 1.165) is 26.1 Å². The summed E-state index contributed by atoms with van der Waals surface area (Å²) < 4.78 is 23.4. The van der Waals surface area contributed by atoms with Gasteiger partial charge in [0.05, 0.1) is 30.0 Å². The molecule has 0 unspecified atom stereocenters. The number of amides is 1. The Balaban J connectivity index is 1.54. The van der Waals surface area contributed by atoms with E-state index in [-0.39, 0.29) is 18.4 Å². The molecule has 1 aliphatic rings. The van der Waals surface area contributed by atoms with E-state index in [1.54, 1.807) is 37.8 Å². The number of hydrogen-bond donors (Lipinski definition) is 0. The first-order valence-corrected chi connectivity index (χ1v) is 12.9. The Bertz CT molecular complexity index is 1190. The van der Waals surface area contributed by atoms with Gasteiger partial charge in [-0.3, -0.25) is 19.1 Å². The average Bonchev–Trinajstić information content (AvgIpc) is 2.84. The van der Waals surface area contributed by atoms with Crippen molar-refractivity contribution in [3.63, 3.8) is 0 Å². The van der Waals surface area contributed by atoms with E-state index in [2.05, 4.69) is 9.88 Å². The summed E-state index contributed by atoms with van der Waals surface area (Å²) >= 11 is 0. The standard InChI is InChI=1S/C27H40N4O7/c1-26(2,3)24(33)37-18-31-17-28-20-16-22(21(35-7)15-19(20)23(31)32)36-14-8-9-29-10-12-30(13-11-29)25(34)38-27(4,5)6/h15-17H,8-14,18H2,1-7H3. The molecule has 1 aliphatic heterocycles. The van der Waals surface area contributed by atoms with E-state index in [1.165, 1.54) is 18.0 Å². The van der Waals surface area contributed by atoms with Gasteiger partial charge in [0.1, 0.15) is 11.9 Å². The molecule has 2 aromatic rings. The van der Waals surface area contributed by atoms with Gasteiger partial charge < -0.3 is 23.8 Å². The lowest BCUT2D eigenvalue weighted by Gasteiger charge is -2.35. The SMILES string of the molecule is COc1cc2c(=O)n(COC(=O)C(C)(C)C)cnc2cc1OCCCN1CCN(C(=O)OC(C)(C)C)CC1. The third-order valence-corrected chi connectivity index (χ3v) is 5.96. The van der Waals surface area contributed by atoms with Crippen LogP contribution in [0.15, 0.2) is 23.3 Å². The van der Waals surface area contributed by atoms with Crippen molar-refractivity contribution in [3.05, 3.63) is 28.8 Å². The zero-order valence-corrected chi connectivity index (χ0v) is 23.5. The number of piperazine rings is 1. The highest BCUT2D eigenvalue weighted by Crippen LogP contribution is 2.30. The van der Waals surface area contributed by atoms with Crippen LogP contribution >= 0.6 is 0 Å². The maximum Gasteiger partial charge on any atom is 0.410 e. The van der Waals surface area contributed by atoms with Gasteiger partial charge in [0, 0.05) is 38.8 Å². The van der Waals surface area contributed by atoms with Crippen LogP contribution in [-0.4, -0.2) is 83.5 Å². The number of rotatable bonds is 8. The first-order valence-electron chi connectivity index (χ1n) is 12.9. The second kappa shape index (κ2) is 12.0. The molecule has 3 rings (SSSR count). The normalized spacial score (nSPS) is 14.9. The fourth-order valence-electron chi connectivity index (χ4n) is 3.83. The van der Waals surface area contributed by atoms with Crippen LogP contribution in [0.2, 0.25) is 0 Å². The molecule has 0 N–H and O–H groups in total. The number of carbonyl (C=O) groups excluding carboxylic acids is 2. The first kappa shape index (κ1) is 29.2. The van der Waals surface area contributed by atoms with Crippen molar-refractivity contribution in [2.24, 2.45) is 5.41 Å². The maximum absolute atomic E-state index is 12.9. The molecule has 210 valence electrons. The summed E-state index contributed by atoms with van der Waals surface area (Å²) in [6, 6.07) is 3.28. The molecule has 1 amide bonds. The Labute approximate surface area is 223 Å². The monoisotopic (exact) mass is 532 g/mol. The third kappa shape index (κ3) is 7.83. The molecule has 1 aromatic carbocycles. The lowest BCUT2D eigenvalue weighted by atomic mass is 9.98. The minimum absolute atomic E-state index is 0.218. The van der Waals surface area contributed by atoms with Gasteiger partial charge in [-0.05, 0) is 54.0 Å². The van der Waals surface area contributed by atoms with Crippen LogP contribution < -0.4 is 15.0 Å². The highest BCUT2D eigenvalue weighted by Gasteiger charge is 2.26. The van der Waals surface area contributed by atoms with E-state index in [9.17, 15) is 14.4 Å². The van der Waals surface area contributed by atoms with Crippen molar-refractivity contribution >= 4 is 23.0 Å². The number of fused-ring (bicyclic) bond motifs is 1. The van der Waals surface area contributed by atoms with Gasteiger partial charge in [0.15, 0.2) is 18.2 Å². The summed E-state index contributed by atoms with van der Waals surface area (Å²) in [5, 5.41) is 0.339. The number of ether oxygens (including phenoxy) is 4. The molecule has 0 aliphatic carbocycles. The van der Waals surface area contributed by atoms with E-state index in [0.29, 0.717) is 42.1 Å². The van der Waals surface area contributed by atoms with Gasteiger partial charge in [-0.1, -0.05) is 0 Å². The largest absolute Gasteiger partial charge is 0.493 e. The molecule has 11 heteroatoms. The molecular weight excluding hydrogens is 492 g/mol. The van der Waals surface area contributed by atoms with Gasteiger partial charge in [-0.15, -0.1) is 0 Å². The second-order valence-corrected chi connectivity index (χ2v) is 11.4. The van der Waals surface area contributed by atoms with E-state index in [1.807, 2.05) is 20.8 Å². The zero-order valence-electron chi connectivity index (χ0n) is 23.5. The molecule has 0 bridgehead atoms. The highest BCUT2D eigenvalue weighted by atomic mass is 16.6. The third-order valence-electron chi connectivity index (χ3n) is 5.96. The molecule has 1 aromatic heterocycles. The first-order chi connectivity index (χ1) is 17.8. The van der Waals surface area contributed by atoms with Crippen LogP contribution in [0.5, 0.6) is 11.5 Å². The highest BCUT2D eigenvalue weighted by molar-refractivity contribution is 5.81. The van der Waals surface area contributed by atoms with Crippen LogP contribution in [0, 0.1) is 5.41 Å². The number of hydrogen-bond acceptors (Lipinski definition) is 9. The molecule has 38 heavy (non-hydrogen) atoms. The Morgan fingerprint density at radius 1 is 1.00 bits per heavy atom. The fraction of sp³-hybridized carbons (Fsp3) is 0.630. The molecular formula is C27H40N4O7. The Morgan fingerprint density at radius 3 is 2.29 bits per heavy atom. The summed E-state index contributed by atoms with van der Waals surface area (Å²) in [6.45, 7) is 14.7. The van der Waals surface area contributed by atoms with Gasteiger partial charge in [0.2, 0.25) is 0 Å². The average molecular weight is 533 g/mol. The number of methoxy groups -OCH3 is 1. The van der Waals surface area contributed by atoms with Crippen LogP contribution in [0.4, 0.5) is 4.79 Å². The molecule has 11 nitrogen and oxygen atoms in total. The summed E-state index contributed by atoms with van der Waals surface area (Å²) in [4.78, 5) is 45.6. The summed E-state index contributed by atoms with van der Waals surface area (Å²) in [7, 11) is 1.51. The molecule has 1 fully saturated rings. The number of nitrogens with zero attached hydrogens (tertiary/aromatic N) is 4. The second-order valence-electron chi connectivity index (χ2n) is 11.4. The minimum Gasteiger partial charge on any atom is -0.493 e. The van der Waals surface area contributed by atoms with Crippen molar-refractivity contribution in [1.29, 1.82) is 0 Å². The Hall–Kier alpha value is -3.34. The molecule has 0 atom stereocenters. The lowest BCUT2D eigenvalue weighted by Crippen LogP contribution is -2.50. The number of carbonyl (C=O) groups is 2. The lowest BCUT2D eigenvalue weighted by molar-refractivity contribution is -0.157. The van der Waals surface area contributed by atoms with Crippen LogP contribution in [0.25, 0.3) is 10.9 Å². The van der Waals surface area contributed by atoms with E-state index >= 15 is 0 Å². The minimum atomic E-state index is -0.669. The van der Waals surface area contributed by atoms with Gasteiger partial charge in [-0.25, -0.2) is 9.78 Å². The van der Waals surface area contributed by atoms with Crippen molar-refractivity contribution in [3.8, 4) is 11.5 Å². The molecule has 2 heterocycles. The maximum atomic E-state index is 12.9. The van der Waals surface area contributed by atoms with Crippen LogP contribution in [0.3, 0.4) is 0 Å². The zero-order chi connectivity index (χ0) is 28.1. The van der Waals surface area contributed by atoms with E-state index in [4.69, 9.17) is 18.9 Å². The van der Waals surface area contributed by atoms with E-state index < -0.39 is 17.0 Å². The molecule has 0 spiro atoms. The van der Waals surface area contributed by atoms with Crippen molar-refractivity contribution in [2.75, 3.05) is 46.4 Å².